The maximum atomic E-state index is 12.5. The van der Waals surface area contributed by atoms with Crippen LogP contribution in [0.2, 0.25) is 0 Å². The summed E-state index contributed by atoms with van der Waals surface area (Å²) in [6.07, 6.45) is 1.29. The van der Waals surface area contributed by atoms with Crippen molar-refractivity contribution in [2.75, 3.05) is 26.2 Å². The fourth-order valence-corrected chi connectivity index (χ4v) is 4.36. The quantitative estimate of drug-likeness (QED) is 0.693. The number of nitrogens with zero attached hydrogens (tertiary/aromatic N) is 3. The molecule has 0 unspecified atom stereocenters. The summed E-state index contributed by atoms with van der Waals surface area (Å²) in [7, 11) is 0. The highest BCUT2D eigenvalue weighted by Gasteiger charge is 2.21. The molecule has 0 radical (unpaired) electrons. The van der Waals surface area contributed by atoms with E-state index in [1.807, 2.05) is 29.2 Å². The van der Waals surface area contributed by atoms with E-state index in [4.69, 9.17) is 0 Å². The molecule has 1 aliphatic rings. The number of thiazole rings is 1. The second kappa shape index (κ2) is 7.98. The van der Waals surface area contributed by atoms with E-state index in [1.165, 1.54) is 10.3 Å². The van der Waals surface area contributed by atoms with Gasteiger partial charge in [0.1, 0.15) is 0 Å². The van der Waals surface area contributed by atoms with Gasteiger partial charge in [-0.15, -0.1) is 11.3 Å². The van der Waals surface area contributed by atoms with Gasteiger partial charge in [0, 0.05) is 45.6 Å². The lowest BCUT2D eigenvalue weighted by molar-refractivity contribution is -0.133. The molecule has 1 aliphatic heterocycles. The molecule has 26 heavy (non-hydrogen) atoms. The van der Waals surface area contributed by atoms with Gasteiger partial charge in [-0.3, -0.25) is 9.69 Å². The highest BCUT2D eigenvalue weighted by Crippen LogP contribution is 2.22. The summed E-state index contributed by atoms with van der Waals surface area (Å²) in [6.45, 7) is 4.51. The molecule has 1 aromatic heterocycles. The smallest absolute Gasteiger partial charge is 0.223 e. The molecule has 3 aromatic rings. The second-order valence-corrected chi connectivity index (χ2v) is 7.83. The van der Waals surface area contributed by atoms with Gasteiger partial charge < -0.3 is 4.90 Å². The number of hydrogen-bond donors (Lipinski definition) is 0. The van der Waals surface area contributed by atoms with Crippen LogP contribution < -0.4 is 0 Å². The fourth-order valence-electron chi connectivity index (χ4n) is 3.40. The van der Waals surface area contributed by atoms with E-state index in [2.05, 4.69) is 40.2 Å². The Morgan fingerprint density at radius 1 is 0.962 bits per heavy atom. The zero-order valence-corrected chi connectivity index (χ0v) is 15.6. The molecule has 0 N–H and O–H groups in total. The SMILES string of the molecule is O=C(CCc1nc2ccccc2s1)N1CCN(Cc2ccccc2)CC1. The number of hydrogen-bond acceptors (Lipinski definition) is 4. The van der Waals surface area contributed by atoms with Crippen molar-refractivity contribution in [1.29, 1.82) is 0 Å². The molecule has 0 saturated carbocycles. The summed E-state index contributed by atoms with van der Waals surface area (Å²) in [6, 6.07) is 18.7. The van der Waals surface area contributed by atoms with E-state index in [0.29, 0.717) is 6.42 Å². The molecule has 4 rings (SSSR count). The zero-order valence-electron chi connectivity index (χ0n) is 14.8. The van der Waals surface area contributed by atoms with Crippen LogP contribution in [0.4, 0.5) is 0 Å². The first-order valence-corrected chi connectivity index (χ1v) is 9.98. The summed E-state index contributed by atoms with van der Waals surface area (Å²) >= 11 is 1.70. The van der Waals surface area contributed by atoms with Crippen molar-refractivity contribution in [1.82, 2.24) is 14.8 Å². The highest BCUT2D eigenvalue weighted by atomic mass is 32.1. The lowest BCUT2D eigenvalue weighted by Gasteiger charge is -2.34. The van der Waals surface area contributed by atoms with Crippen LogP contribution in [0, 0.1) is 0 Å². The first-order valence-electron chi connectivity index (χ1n) is 9.16. The molecule has 1 saturated heterocycles. The van der Waals surface area contributed by atoms with Gasteiger partial charge >= 0.3 is 0 Å². The van der Waals surface area contributed by atoms with Crippen LogP contribution in [0.5, 0.6) is 0 Å². The number of benzene rings is 2. The van der Waals surface area contributed by atoms with Crippen molar-refractivity contribution >= 4 is 27.5 Å². The molecule has 2 aromatic carbocycles. The molecule has 0 atom stereocenters. The minimum Gasteiger partial charge on any atom is -0.340 e. The lowest BCUT2D eigenvalue weighted by Crippen LogP contribution is -2.48. The highest BCUT2D eigenvalue weighted by molar-refractivity contribution is 7.18. The average molecular weight is 366 g/mol. The number of rotatable bonds is 5. The Kier molecular flexibility index (Phi) is 5.27. The van der Waals surface area contributed by atoms with Crippen LogP contribution in [0.1, 0.15) is 17.0 Å². The molecule has 2 heterocycles. The van der Waals surface area contributed by atoms with Crippen molar-refractivity contribution in [2.45, 2.75) is 19.4 Å². The number of piperazine rings is 1. The molecule has 1 amide bonds. The Morgan fingerprint density at radius 2 is 1.69 bits per heavy atom. The summed E-state index contributed by atoms with van der Waals surface area (Å²) in [4.78, 5) is 21.6. The number of fused-ring (bicyclic) bond motifs is 1. The fraction of sp³-hybridized carbons (Fsp3) is 0.333. The molecular weight excluding hydrogens is 342 g/mol. The predicted octanol–water partition coefficient (Wildman–Crippen LogP) is 3.57. The Morgan fingerprint density at radius 3 is 2.46 bits per heavy atom. The van der Waals surface area contributed by atoms with E-state index in [9.17, 15) is 4.79 Å². The first kappa shape index (κ1) is 17.2. The van der Waals surface area contributed by atoms with Gasteiger partial charge in [0.25, 0.3) is 0 Å². The zero-order chi connectivity index (χ0) is 17.8. The molecule has 0 spiro atoms. The van der Waals surface area contributed by atoms with Gasteiger partial charge in [-0.2, -0.15) is 0 Å². The number of aromatic nitrogens is 1. The molecule has 1 fully saturated rings. The Labute approximate surface area is 158 Å². The Balaban J connectivity index is 1.25. The maximum absolute atomic E-state index is 12.5. The maximum Gasteiger partial charge on any atom is 0.223 e. The van der Waals surface area contributed by atoms with Crippen molar-refractivity contribution < 1.29 is 4.79 Å². The first-order chi connectivity index (χ1) is 12.8. The molecule has 5 heteroatoms. The third-order valence-corrected chi connectivity index (χ3v) is 5.96. The largest absolute Gasteiger partial charge is 0.340 e. The van der Waals surface area contributed by atoms with Gasteiger partial charge in [0.2, 0.25) is 5.91 Å². The number of carbonyl (C=O) groups excluding carboxylic acids is 1. The van der Waals surface area contributed by atoms with Crippen LogP contribution in [0.3, 0.4) is 0 Å². The summed E-state index contributed by atoms with van der Waals surface area (Å²) in [5.41, 5.74) is 2.37. The van der Waals surface area contributed by atoms with Crippen molar-refractivity contribution in [3.63, 3.8) is 0 Å². The molecule has 4 nitrogen and oxygen atoms in total. The summed E-state index contributed by atoms with van der Waals surface area (Å²) in [5, 5.41) is 1.06. The molecule has 134 valence electrons. The van der Waals surface area contributed by atoms with Gasteiger partial charge in [0.05, 0.1) is 15.2 Å². The van der Waals surface area contributed by atoms with E-state index in [1.54, 1.807) is 11.3 Å². The van der Waals surface area contributed by atoms with Crippen LogP contribution in [-0.2, 0) is 17.8 Å². The summed E-state index contributed by atoms with van der Waals surface area (Å²) in [5.74, 6) is 0.253. The van der Waals surface area contributed by atoms with E-state index < -0.39 is 0 Å². The van der Waals surface area contributed by atoms with E-state index >= 15 is 0 Å². The van der Waals surface area contributed by atoms with Crippen LogP contribution in [0.25, 0.3) is 10.2 Å². The minimum atomic E-state index is 0.253. The third kappa shape index (κ3) is 4.11. The van der Waals surface area contributed by atoms with Crippen molar-refractivity contribution in [2.24, 2.45) is 0 Å². The number of carbonyl (C=O) groups is 1. The predicted molar refractivity (Wildman–Crippen MR) is 106 cm³/mol. The van der Waals surface area contributed by atoms with E-state index in [-0.39, 0.29) is 5.91 Å². The van der Waals surface area contributed by atoms with Gasteiger partial charge in [-0.1, -0.05) is 42.5 Å². The van der Waals surface area contributed by atoms with E-state index in [0.717, 1.165) is 49.7 Å². The normalized spacial score (nSPS) is 15.5. The standard InChI is InChI=1S/C21H23N3OS/c25-21(11-10-20-22-18-8-4-5-9-19(18)26-20)24-14-12-23(13-15-24)16-17-6-2-1-3-7-17/h1-9H,10-16H2. The van der Waals surface area contributed by atoms with Crippen LogP contribution in [-0.4, -0.2) is 46.9 Å². The second-order valence-electron chi connectivity index (χ2n) is 6.72. The van der Waals surface area contributed by atoms with Gasteiger partial charge in [-0.25, -0.2) is 4.98 Å². The van der Waals surface area contributed by atoms with Gasteiger partial charge in [0.15, 0.2) is 0 Å². The third-order valence-electron chi connectivity index (χ3n) is 4.86. The molecular formula is C21H23N3OS. The monoisotopic (exact) mass is 365 g/mol. The molecule has 0 aliphatic carbocycles. The Bertz CT molecular complexity index is 836. The lowest BCUT2D eigenvalue weighted by atomic mass is 10.2. The Hall–Kier alpha value is -2.24. The van der Waals surface area contributed by atoms with Crippen LogP contribution in [0.15, 0.2) is 54.6 Å². The molecule has 0 bridgehead atoms. The average Bonchev–Trinajstić information content (AvgIpc) is 3.10. The number of amides is 1. The number of para-hydroxylation sites is 1. The number of aryl methyl sites for hydroxylation is 1. The van der Waals surface area contributed by atoms with Crippen LogP contribution >= 0.6 is 11.3 Å². The van der Waals surface area contributed by atoms with Crippen molar-refractivity contribution in [3.05, 3.63) is 65.2 Å². The minimum absolute atomic E-state index is 0.253. The van der Waals surface area contributed by atoms with Gasteiger partial charge in [-0.05, 0) is 17.7 Å². The topological polar surface area (TPSA) is 36.4 Å². The summed E-state index contributed by atoms with van der Waals surface area (Å²) < 4.78 is 1.20. The van der Waals surface area contributed by atoms with Crippen molar-refractivity contribution in [3.8, 4) is 0 Å².